The van der Waals surface area contributed by atoms with Crippen molar-refractivity contribution in [1.82, 2.24) is 4.98 Å². The molecule has 0 aliphatic rings. The Morgan fingerprint density at radius 2 is 1.97 bits per heavy atom. The standard InChI is InChI=1S/C23H25ClN2O5/c1-12(2)18-11-25-20-5-4-15(10-17(18)20)31-21-13(3)8-14(9-19(21)24)26-22(28)16(6-7-27)23(29)30/h4-5,8-12,16,25,27H,6-7H2,1-3H3,(H,26,28)(H,29,30). The molecule has 0 spiro atoms. The van der Waals surface area contributed by atoms with E-state index in [0.29, 0.717) is 28.7 Å². The molecule has 0 radical (unpaired) electrons. The van der Waals surface area contributed by atoms with Crippen LogP contribution in [0.3, 0.4) is 0 Å². The fourth-order valence-corrected chi connectivity index (χ4v) is 3.74. The van der Waals surface area contributed by atoms with E-state index in [1.54, 1.807) is 13.0 Å². The number of aryl methyl sites for hydroxylation is 1. The van der Waals surface area contributed by atoms with Gasteiger partial charge in [0.15, 0.2) is 0 Å². The molecule has 0 aliphatic heterocycles. The molecule has 3 aromatic rings. The molecule has 4 N–H and O–H groups in total. The molecule has 2 aromatic carbocycles. The first-order valence-electron chi connectivity index (χ1n) is 9.94. The lowest BCUT2D eigenvalue weighted by atomic mass is 10.0. The maximum absolute atomic E-state index is 12.2. The molecule has 0 saturated carbocycles. The minimum atomic E-state index is -1.34. The van der Waals surface area contributed by atoms with Crippen molar-refractivity contribution in [2.45, 2.75) is 33.1 Å². The van der Waals surface area contributed by atoms with Crippen LogP contribution in [-0.4, -0.2) is 33.7 Å². The zero-order chi connectivity index (χ0) is 22.7. The van der Waals surface area contributed by atoms with Gasteiger partial charge in [0.2, 0.25) is 5.91 Å². The van der Waals surface area contributed by atoms with E-state index in [9.17, 15) is 9.59 Å². The van der Waals surface area contributed by atoms with Crippen molar-refractivity contribution in [3.05, 3.63) is 52.7 Å². The van der Waals surface area contributed by atoms with Gasteiger partial charge in [-0.15, -0.1) is 0 Å². The van der Waals surface area contributed by atoms with Crippen LogP contribution in [0.2, 0.25) is 5.02 Å². The van der Waals surface area contributed by atoms with Crippen LogP contribution in [0.15, 0.2) is 36.5 Å². The highest BCUT2D eigenvalue weighted by Crippen LogP contribution is 2.37. The van der Waals surface area contributed by atoms with Crippen LogP contribution in [-0.2, 0) is 9.59 Å². The van der Waals surface area contributed by atoms with Crippen molar-refractivity contribution in [2.75, 3.05) is 11.9 Å². The Bertz CT molecular complexity index is 1100. The Labute approximate surface area is 185 Å². The Morgan fingerprint density at radius 1 is 1.23 bits per heavy atom. The molecular formula is C23H25ClN2O5. The summed E-state index contributed by atoms with van der Waals surface area (Å²) in [5.41, 5.74) is 3.24. The van der Waals surface area contributed by atoms with E-state index in [0.717, 1.165) is 10.9 Å². The molecule has 0 saturated heterocycles. The van der Waals surface area contributed by atoms with E-state index in [4.69, 9.17) is 26.6 Å². The second kappa shape index (κ2) is 9.41. The number of carbonyl (C=O) groups is 2. The van der Waals surface area contributed by atoms with Gasteiger partial charge in [0, 0.05) is 29.4 Å². The van der Waals surface area contributed by atoms with Crippen molar-refractivity contribution in [1.29, 1.82) is 0 Å². The van der Waals surface area contributed by atoms with Gasteiger partial charge < -0.3 is 25.3 Å². The maximum atomic E-state index is 12.2. The number of ether oxygens (including phenoxy) is 1. The number of carboxylic acid groups (broad SMARTS) is 1. The molecule has 0 aliphatic carbocycles. The van der Waals surface area contributed by atoms with Gasteiger partial charge in [-0.2, -0.15) is 0 Å². The van der Waals surface area contributed by atoms with Crippen LogP contribution in [0.5, 0.6) is 11.5 Å². The lowest BCUT2D eigenvalue weighted by Crippen LogP contribution is -2.30. The number of H-pyrrole nitrogens is 1. The molecule has 8 heteroatoms. The average Bonchev–Trinajstić information content (AvgIpc) is 3.12. The van der Waals surface area contributed by atoms with Crippen LogP contribution in [0, 0.1) is 12.8 Å². The van der Waals surface area contributed by atoms with Gasteiger partial charge in [0.25, 0.3) is 0 Å². The number of aliphatic hydroxyl groups excluding tert-OH is 1. The largest absolute Gasteiger partial charge is 0.481 e. The molecule has 1 heterocycles. The number of aromatic amines is 1. The zero-order valence-electron chi connectivity index (χ0n) is 17.5. The van der Waals surface area contributed by atoms with Crippen molar-refractivity contribution in [3.8, 4) is 11.5 Å². The maximum Gasteiger partial charge on any atom is 0.316 e. The smallest absolute Gasteiger partial charge is 0.316 e. The number of halogens is 1. The summed E-state index contributed by atoms with van der Waals surface area (Å²) in [6.45, 7) is 5.63. The number of aliphatic carboxylic acids is 1. The van der Waals surface area contributed by atoms with Gasteiger partial charge in [0.05, 0.1) is 5.02 Å². The summed E-state index contributed by atoms with van der Waals surface area (Å²) in [4.78, 5) is 26.7. The number of carbonyl (C=O) groups excluding carboxylic acids is 1. The van der Waals surface area contributed by atoms with E-state index in [2.05, 4.69) is 24.1 Å². The highest BCUT2D eigenvalue weighted by atomic mass is 35.5. The molecule has 1 atom stereocenters. The Morgan fingerprint density at radius 3 is 2.58 bits per heavy atom. The molecule has 7 nitrogen and oxygen atoms in total. The van der Waals surface area contributed by atoms with Crippen LogP contribution in [0.4, 0.5) is 5.69 Å². The molecule has 0 bridgehead atoms. The third-order valence-corrected chi connectivity index (χ3v) is 5.34. The van der Waals surface area contributed by atoms with Crippen molar-refractivity contribution < 1.29 is 24.5 Å². The van der Waals surface area contributed by atoms with E-state index in [1.807, 2.05) is 24.4 Å². The summed E-state index contributed by atoms with van der Waals surface area (Å²) in [5, 5.41) is 22.0. The zero-order valence-corrected chi connectivity index (χ0v) is 18.3. The van der Waals surface area contributed by atoms with Crippen LogP contribution < -0.4 is 10.1 Å². The quantitative estimate of drug-likeness (QED) is 0.362. The number of fused-ring (bicyclic) bond motifs is 1. The summed E-state index contributed by atoms with van der Waals surface area (Å²) < 4.78 is 6.05. The SMILES string of the molecule is Cc1cc(NC(=O)C(CCO)C(=O)O)cc(Cl)c1Oc1ccc2[nH]cc(C(C)C)c2c1. The van der Waals surface area contributed by atoms with Crippen LogP contribution in [0.1, 0.15) is 37.3 Å². The molecule has 1 unspecified atom stereocenters. The molecule has 1 amide bonds. The molecule has 164 valence electrons. The van der Waals surface area contributed by atoms with Gasteiger partial charge in [-0.1, -0.05) is 25.4 Å². The monoisotopic (exact) mass is 444 g/mol. The lowest BCUT2D eigenvalue weighted by molar-refractivity contribution is -0.146. The molecule has 31 heavy (non-hydrogen) atoms. The van der Waals surface area contributed by atoms with Crippen LogP contribution >= 0.6 is 11.6 Å². The highest BCUT2D eigenvalue weighted by molar-refractivity contribution is 6.32. The molecule has 3 rings (SSSR count). The number of amides is 1. The third-order valence-electron chi connectivity index (χ3n) is 5.06. The molecular weight excluding hydrogens is 420 g/mol. The number of aliphatic hydroxyl groups is 1. The predicted molar refractivity (Wildman–Crippen MR) is 120 cm³/mol. The van der Waals surface area contributed by atoms with Crippen molar-refractivity contribution >= 4 is 40.1 Å². The summed E-state index contributed by atoms with van der Waals surface area (Å²) >= 11 is 6.41. The number of hydrogen-bond acceptors (Lipinski definition) is 4. The van der Waals surface area contributed by atoms with E-state index < -0.39 is 24.4 Å². The first-order chi connectivity index (χ1) is 14.7. The Kier molecular flexibility index (Phi) is 6.87. The number of hydrogen-bond donors (Lipinski definition) is 4. The van der Waals surface area contributed by atoms with Gasteiger partial charge in [-0.25, -0.2) is 0 Å². The average molecular weight is 445 g/mol. The summed E-state index contributed by atoms with van der Waals surface area (Å²) in [6.07, 6.45) is 1.82. The van der Waals surface area contributed by atoms with Gasteiger partial charge >= 0.3 is 5.97 Å². The second-order valence-corrected chi connectivity index (χ2v) is 8.11. The van der Waals surface area contributed by atoms with Gasteiger partial charge in [0.1, 0.15) is 17.4 Å². The number of nitrogens with one attached hydrogen (secondary N) is 2. The predicted octanol–water partition coefficient (Wildman–Crippen LogP) is 5.07. The van der Waals surface area contributed by atoms with E-state index in [-0.39, 0.29) is 11.4 Å². The fraction of sp³-hybridized carbons (Fsp3) is 0.304. The minimum Gasteiger partial charge on any atom is -0.481 e. The number of carboxylic acids is 1. The van der Waals surface area contributed by atoms with Crippen molar-refractivity contribution in [3.63, 3.8) is 0 Å². The normalized spacial score (nSPS) is 12.2. The number of anilines is 1. The number of benzene rings is 2. The Balaban J connectivity index is 1.84. The number of rotatable bonds is 8. The lowest BCUT2D eigenvalue weighted by Gasteiger charge is -2.15. The highest BCUT2D eigenvalue weighted by Gasteiger charge is 2.26. The second-order valence-electron chi connectivity index (χ2n) is 7.70. The topological polar surface area (TPSA) is 112 Å². The number of aromatic nitrogens is 1. The van der Waals surface area contributed by atoms with Gasteiger partial charge in [-0.05, 0) is 60.7 Å². The molecule has 1 aromatic heterocycles. The summed E-state index contributed by atoms with van der Waals surface area (Å²) in [6, 6.07) is 8.92. The van der Waals surface area contributed by atoms with Gasteiger partial charge in [-0.3, -0.25) is 9.59 Å². The fourth-order valence-electron chi connectivity index (χ4n) is 3.44. The first-order valence-corrected chi connectivity index (χ1v) is 10.3. The van der Waals surface area contributed by atoms with E-state index >= 15 is 0 Å². The molecule has 0 fully saturated rings. The third kappa shape index (κ3) is 5.00. The minimum absolute atomic E-state index is 0.172. The van der Waals surface area contributed by atoms with Crippen molar-refractivity contribution in [2.24, 2.45) is 5.92 Å². The Hall–Kier alpha value is -3.03. The summed E-state index contributed by atoms with van der Waals surface area (Å²) in [5.74, 6) is -1.92. The van der Waals surface area contributed by atoms with Crippen LogP contribution in [0.25, 0.3) is 10.9 Å². The van der Waals surface area contributed by atoms with E-state index in [1.165, 1.54) is 11.6 Å². The first kappa shape index (κ1) is 22.7. The summed E-state index contributed by atoms with van der Waals surface area (Å²) in [7, 11) is 0.